The van der Waals surface area contributed by atoms with E-state index < -0.39 is 0 Å². The normalized spacial score (nSPS) is 13.6. The summed E-state index contributed by atoms with van der Waals surface area (Å²) in [7, 11) is 0. The molecule has 0 bridgehead atoms. The van der Waals surface area contributed by atoms with Crippen LogP contribution in [-0.2, 0) is 0 Å². The number of aryl methyl sites for hydroxylation is 1. The molecule has 1 rings (SSSR count). The molecule has 0 aromatic carbocycles. The van der Waals surface area contributed by atoms with Gasteiger partial charge in [-0.2, -0.15) is 5.10 Å². The topological polar surface area (TPSA) is 43.8 Å². The Balaban J connectivity index is 3.11. The van der Waals surface area contributed by atoms with Gasteiger partial charge in [-0.1, -0.05) is 25.4 Å². The van der Waals surface area contributed by atoms with Crippen LogP contribution in [0.4, 0.5) is 0 Å². The van der Waals surface area contributed by atoms with Gasteiger partial charge < -0.3 is 5.73 Å². The summed E-state index contributed by atoms with van der Waals surface area (Å²) in [5, 5.41) is 5.16. The highest BCUT2D eigenvalue weighted by molar-refractivity contribution is 6.31. The van der Waals surface area contributed by atoms with Gasteiger partial charge in [0, 0.05) is 6.54 Å². The number of aromatic nitrogens is 2. The van der Waals surface area contributed by atoms with E-state index in [0.717, 1.165) is 16.4 Å². The zero-order chi connectivity index (χ0) is 10.9. The molecule has 3 nitrogen and oxygen atoms in total. The predicted octanol–water partition coefficient (Wildman–Crippen LogP) is 2.31. The van der Waals surface area contributed by atoms with Crippen LogP contribution in [-0.4, -0.2) is 16.3 Å². The molecular formula is C10H18ClN3. The molecule has 2 N–H and O–H groups in total. The molecule has 1 heterocycles. The second kappa shape index (κ2) is 4.32. The van der Waals surface area contributed by atoms with Crippen molar-refractivity contribution in [3.8, 4) is 0 Å². The molecule has 1 atom stereocenters. The van der Waals surface area contributed by atoms with Crippen LogP contribution in [0.15, 0.2) is 0 Å². The molecule has 4 heteroatoms. The Morgan fingerprint density at radius 1 is 1.43 bits per heavy atom. The highest BCUT2D eigenvalue weighted by atomic mass is 35.5. The number of hydrogen-bond acceptors (Lipinski definition) is 2. The monoisotopic (exact) mass is 215 g/mol. The minimum Gasteiger partial charge on any atom is -0.328 e. The first-order chi connectivity index (χ1) is 6.49. The Morgan fingerprint density at radius 3 is 2.29 bits per heavy atom. The molecule has 0 fully saturated rings. The van der Waals surface area contributed by atoms with Crippen molar-refractivity contribution in [3.63, 3.8) is 0 Å². The maximum Gasteiger partial charge on any atom is 0.0844 e. The molecule has 1 aromatic heterocycles. The van der Waals surface area contributed by atoms with Crippen molar-refractivity contribution >= 4 is 11.6 Å². The van der Waals surface area contributed by atoms with Crippen molar-refractivity contribution in [2.24, 2.45) is 11.7 Å². The standard InChI is InChI=1S/C10H18ClN3/c1-6(2)9(5-12)14-8(4)10(11)7(3)13-14/h6,9H,5,12H2,1-4H3/t9-/m1/s1. The van der Waals surface area contributed by atoms with E-state index in [4.69, 9.17) is 17.3 Å². The van der Waals surface area contributed by atoms with E-state index in [-0.39, 0.29) is 6.04 Å². The summed E-state index contributed by atoms with van der Waals surface area (Å²) in [6, 6.07) is 0.237. The van der Waals surface area contributed by atoms with Gasteiger partial charge in [0.25, 0.3) is 0 Å². The lowest BCUT2D eigenvalue weighted by Crippen LogP contribution is -2.25. The van der Waals surface area contributed by atoms with Crippen LogP contribution < -0.4 is 5.73 Å². The molecule has 14 heavy (non-hydrogen) atoms. The number of halogens is 1. The van der Waals surface area contributed by atoms with E-state index in [1.165, 1.54) is 0 Å². The quantitative estimate of drug-likeness (QED) is 0.841. The molecule has 0 spiro atoms. The Kier molecular flexibility index (Phi) is 3.56. The summed E-state index contributed by atoms with van der Waals surface area (Å²) in [4.78, 5) is 0. The second-order valence-corrected chi connectivity index (χ2v) is 4.35. The fraction of sp³-hybridized carbons (Fsp3) is 0.700. The van der Waals surface area contributed by atoms with E-state index in [9.17, 15) is 0 Å². The number of nitrogens with two attached hydrogens (primary N) is 1. The van der Waals surface area contributed by atoms with Gasteiger partial charge in [0.05, 0.1) is 22.5 Å². The van der Waals surface area contributed by atoms with Crippen molar-refractivity contribution in [1.29, 1.82) is 0 Å². The second-order valence-electron chi connectivity index (χ2n) is 3.98. The zero-order valence-electron chi connectivity index (χ0n) is 9.21. The van der Waals surface area contributed by atoms with Crippen molar-refractivity contribution < 1.29 is 0 Å². The molecule has 80 valence electrons. The van der Waals surface area contributed by atoms with Gasteiger partial charge in [-0.3, -0.25) is 4.68 Å². The van der Waals surface area contributed by atoms with Crippen LogP contribution in [0.5, 0.6) is 0 Å². The van der Waals surface area contributed by atoms with Gasteiger partial charge in [0.15, 0.2) is 0 Å². The minimum absolute atomic E-state index is 0.237. The minimum atomic E-state index is 0.237. The van der Waals surface area contributed by atoms with Gasteiger partial charge in [-0.15, -0.1) is 0 Å². The first-order valence-corrected chi connectivity index (χ1v) is 5.28. The number of nitrogens with zero attached hydrogens (tertiary/aromatic N) is 2. The summed E-state index contributed by atoms with van der Waals surface area (Å²) >= 11 is 6.08. The zero-order valence-corrected chi connectivity index (χ0v) is 9.97. The highest BCUT2D eigenvalue weighted by Gasteiger charge is 2.19. The Labute approximate surface area is 90.2 Å². The molecule has 0 unspecified atom stereocenters. The first kappa shape index (κ1) is 11.5. The lowest BCUT2D eigenvalue weighted by atomic mass is 10.1. The summed E-state index contributed by atoms with van der Waals surface area (Å²) < 4.78 is 1.95. The largest absolute Gasteiger partial charge is 0.328 e. The van der Waals surface area contributed by atoms with Gasteiger partial charge >= 0.3 is 0 Å². The Bertz CT molecular complexity index is 317. The van der Waals surface area contributed by atoms with E-state index >= 15 is 0 Å². The van der Waals surface area contributed by atoms with Crippen LogP contribution in [0, 0.1) is 19.8 Å². The summed E-state index contributed by atoms with van der Waals surface area (Å²) in [5.41, 5.74) is 7.62. The first-order valence-electron chi connectivity index (χ1n) is 4.90. The van der Waals surface area contributed by atoms with Crippen molar-refractivity contribution in [1.82, 2.24) is 9.78 Å². The van der Waals surface area contributed by atoms with E-state index in [1.807, 2.05) is 18.5 Å². The average Bonchev–Trinajstić information content (AvgIpc) is 2.35. The molecule has 0 saturated heterocycles. The predicted molar refractivity (Wildman–Crippen MR) is 59.6 cm³/mol. The highest BCUT2D eigenvalue weighted by Crippen LogP contribution is 2.25. The van der Waals surface area contributed by atoms with E-state index in [1.54, 1.807) is 0 Å². The molecule has 0 radical (unpaired) electrons. The summed E-state index contributed by atoms with van der Waals surface area (Å²) in [5.74, 6) is 0.467. The van der Waals surface area contributed by atoms with E-state index in [0.29, 0.717) is 12.5 Å². The van der Waals surface area contributed by atoms with Crippen molar-refractivity contribution in [2.75, 3.05) is 6.54 Å². The summed E-state index contributed by atoms with van der Waals surface area (Å²) in [6.45, 7) is 8.77. The fourth-order valence-electron chi connectivity index (χ4n) is 1.62. The molecule has 0 aliphatic heterocycles. The van der Waals surface area contributed by atoms with Gasteiger partial charge in [0.2, 0.25) is 0 Å². The summed E-state index contributed by atoms with van der Waals surface area (Å²) in [6.07, 6.45) is 0. The van der Waals surface area contributed by atoms with Crippen LogP contribution in [0.2, 0.25) is 5.02 Å². The lowest BCUT2D eigenvalue weighted by molar-refractivity contribution is 0.348. The molecular weight excluding hydrogens is 198 g/mol. The van der Waals surface area contributed by atoms with Crippen LogP contribution >= 0.6 is 11.6 Å². The van der Waals surface area contributed by atoms with Gasteiger partial charge in [-0.05, 0) is 19.8 Å². The third-order valence-electron chi connectivity index (χ3n) is 2.56. The average molecular weight is 216 g/mol. The van der Waals surface area contributed by atoms with E-state index in [2.05, 4.69) is 18.9 Å². The Morgan fingerprint density at radius 2 is 2.00 bits per heavy atom. The number of hydrogen-bond donors (Lipinski definition) is 1. The Hall–Kier alpha value is -0.540. The van der Waals surface area contributed by atoms with Gasteiger partial charge in [0.1, 0.15) is 0 Å². The SMILES string of the molecule is Cc1nn([C@H](CN)C(C)C)c(C)c1Cl. The van der Waals surface area contributed by atoms with Crippen LogP contribution in [0.25, 0.3) is 0 Å². The maximum atomic E-state index is 6.08. The number of rotatable bonds is 3. The van der Waals surface area contributed by atoms with Crippen molar-refractivity contribution in [2.45, 2.75) is 33.7 Å². The third kappa shape index (κ3) is 1.93. The molecule has 1 aromatic rings. The maximum absolute atomic E-state index is 6.08. The third-order valence-corrected chi connectivity index (χ3v) is 3.11. The van der Waals surface area contributed by atoms with Gasteiger partial charge in [-0.25, -0.2) is 0 Å². The molecule has 0 aliphatic carbocycles. The lowest BCUT2D eigenvalue weighted by Gasteiger charge is -2.20. The molecule has 0 saturated carbocycles. The van der Waals surface area contributed by atoms with Crippen molar-refractivity contribution in [3.05, 3.63) is 16.4 Å². The fourth-order valence-corrected chi connectivity index (χ4v) is 1.74. The smallest absolute Gasteiger partial charge is 0.0844 e. The molecule has 0 aliphatic rings. The van der Waals surface area contributed by atoms with Crippen LogP contribution in [0.1, 0.15) is 31.3 Å². The molecule has 0 amide bonds. The van der Waals surface area contributed by atoms with Crippen LogP contribution in [0.3, 0.4) is 0 Å².